The molecule has 0 aliphatic heterocycles. The van der Waals surface area contributed by atoms with Crippen molar-refractivity contribution in [2.75, 3.05) is 6.54 Å². The van der Waals surface area contributed by atoms with Crippen molar-refractivity contribution >= 4 is 51.2 Å². The summed E-state index contributed by atoms with van der Waals surface area (Å²) in [6.07, 6.45) is 1.42. The van der Waals surface area contributed by atoms with Gasteiger partial charge in [-0.1, -0.05) is 6.07 Å². The van der Waals surface area contributed by atoms with Gasteiger partial charge >= 0.3 is 0 Å². The molecule has 3 aromatic heterocycles. The van der Waals surface area contributed by atoms with E-state index in [1.54, 1.807) is 11.3 Å². The molecule has 1 atom stereocenters. The van der Waals surface area contributed by atoms with Crippen molar-refractivity contribution in [2.45, 2.75) is 19.5 Å². The van der Waals surface area contributed by atoms with Gasteiger partial charge in [-0.3, -0.25) is 14.2 Å². The fourth-order valence-corrected chi connectivity index (χ4v) is 3.95. The predicted molar refractivity (Wildman–Crippen MR) is 101 cm³/mol. The molecule has 0 bridgehead atoms. The van der Waals surface area contributed by atoms with Crippen LogP contribution in [0.4, 0.5) is 0 Å². The van der Waals surface area contributed by atoms with Crippen LogP contribution in [0.1, 0.15) is 6.92 Å². The molecule has 0 spiro atoms. The van der Waals surface area contributed by atoms with Gasteiger partial charge in [-0.2, -0.15) is 0 Å². The second kappa shape index (κ2) is 7.89. The molecule has 3 rings (SSSR count). The molecule has 0 saturated carbocycles. The summed E-state index contributed by atoms with van der Waals surface area (Å²) in [5.41, 5.74) is 6.16. The minimum absolute atomic E-state index is 0. The molecule has 0 aliphatic rings. The third-order valence-corrected chi connectivity index (χ3v) is 5.21. The molecule has 1 amide bonds. The number of rotatable bonds is 5. The number of hydrogen-bond donors (Lipinski definition) is 2. The fraction of sp³-hybridized carbons (Fsp3) is 0.267. The van der Waals surface area contributed by atoms with E-state index in [-0.39, 0.29) is 36.5 Å². The van der Waals surface area contributed by atoms with Crippen LogP contribution in [-0.4, -0.2) is 28.0 Å². The van der Waals surface area contributed by atoms with Crippen LogP contribution in [0.25, 0.3) is 20.7 Å². The molecule has 3 N–H and O–H groups in total. The summed E-state index contributed by atoms with van der Waals surface area (Å²) in [7, 11) is 0. The van der Waals surface area contributed by atoms with Crippen molar-refractivity contribution in [1.29, 1.82) is 0 Å². The average molecular weight is 385 g/mol. The van der Waals surface area contributed by atoms with Crippen LogP contribution in [-0.2, 0) is 11.3 Å². The maximum Gasteiger partial charge on any atom is 0.263 e. The van der Waals surface area contributed by atoms with Gasteiger partial charge in [-0.25, -0.2) is 4.98 Å². The summed E-state index contributed by atoms with van der Waals surface area (Å²) in [5.74, 6) is -0.251. The predicted octanol–water partition coefficient (Wildman–Crippen LogP) is 2.07. The van der Waals surface area contributed by atoms with Gasteiger partial charge < -0.3 is 11.1 Å². The quantitative estimate of drug-likeness (QED) is 0.704. The lowest BCUT2D eigenvalue weighted by Crippen LogP contribution is -2.41. The van der Waals surface area contributed by atoms with Crippen LogP contribution < -0.4 is 16.6 Å². The zero-order valence-corrected chi connectivity index (χ0v) is 15.3. The Bertz CT molecular complexity index is 889. The third-order valence-electron chi connectivity index (χ3n) is 3.42. The van der Waals surface area contributed by atoms with Crippen LogP contribution in [0.15, 0.2) is 34.0 Å². The number of nitrogens with one attached hydrogen (secondary N) is 1. The number of nitrogens with zero attached hydrogens (tertiary/aromatic N) is 2. The highest BCUT2D eigenvalue weighted by Gasteiger charge is 2.15. The van der Waals surface area contributed by atoms with Crippen molar-refractivity contribution in [3.8, 4) is 10.4 Å². The summed E-state index contributed by atoms with van der Waals surface area (Å²) >= 11 is 3.01. The minimum atomic E-state index is -0.251. The summed E-state index contributed by atoms with van der Waals surface area (Å²) in [6.45, 7) is 2.10. The monoisotopic (exact) mass is 384 g/mol. The van der Waals surface area contributed by atoms with E-state index in [0.717, 1.165) is 10.4 Å². The van der Waals surface area contributed by atoms with Crippen LogP contribution >= 0.6 is 35.1 Å². The molecule has 6 nitrogen and oxygen atoms in total. The van der Waals surface area contributed by atoms with Crippen molar-refractivity contribution in [3.05, 3.63) is 39.6 Å². The van der Waals surface area contributed by atoms with E-state index >= 15 is 0 Å². The molecule has 0 fully saturated rings. The highest BCUT2D eigenvalue weighted by Crippen LogP contribution is 2.33. The number of hydrogen-bond acceptors (Lipinski definition) is 6. The van der Waals surface area contributed by atoms with Gasteiger partial charge in [0.2, 0.25) is 5.91 Å². The largest absolute Gasteiger partial charge is 0.351 e. The van der Waals surface area contributed by atoms with E-state index in [1.165, 1.54) is 22.2 Å². The number of nitrogens with two attached hydrogens (primary N) is 1. The highest BCUT2D eigenvalue weighted by molar-refractivity contribution is 7.18. The average Bonchev–Trinajstić information content (AvgIpc) is 3.18. The Morgan fingerprint density at radius 1 is 1.46 bits per heavy atom. The van der Waals surface area contributed by atoms with Crippen molar-refractivity contribution < 1.29 is 4.79 Å². The molecule has 0 aromatic carbocycles. The van der Waals surface area contributed by atoms with Gasteiger partial charge in [0.15, 0.2) is 0 Å². The lowest BCUT2D eigenvalue weighted by molar-refractivity contribution is -0.122. The Morgan fingerprint density at radius 2 is 2.25 bits per heavy atom. The van der Waals surface area contributed by atoms with Crippen LogP contribution in [0.2, 0.25) is 0 Å². The second-order valence-corrected chi connectivity index (χ2v) is 6.99. The zero-order chi connectivity index (χ0) is 16.4. The molecule has 0 unspecified atom stereocenters. The minimum Gasteiger partial charge on any atom is -0.351 e. The Labute approximate surface area is 152 Å². The van der Waals surface area contributed by atoms with Gasteiger partial charge in [-0.15, -0.1) is 35.1 Å². The molecule has 9 heteroatoms. The van der Waals surface area contributed by atoms with Gasteiger partial charge in [-0.05, 0) is 18.4 Å². The van der Waals surface area contributed by atoms with E-state index in [4.69, 9.17) is 5.73 Å². The SMILES string of the molecule is C[C@@H](CN)NC(=O)Cn1cnc2scc(-c3cccs3)c2c1=O.Cl. The Kier molecular flexibility index (Phi) is 6.11. The maximum absolute atomic E-state index is 12.7. The van der Waals surface area contributed by atoms with Gasteiger partial charge in [0.05, 0.1) is 11.7 Å². The van der Waals surface area contributed by atoms with Gasteiger partial charge in [0.25, 0.3) is 5.56 Å². The third kappa shape index (κ3) is 3.67. The molecule has 3 aromatic rings. The molecule has 3 heterocycles. The van der Waals surface area contributed by atoms with Gasteiger partial charge in [0.1, 0.15) is 11.4 Å². The van der Waals surface area contributed by atoms with E-state index in [1.807, 2.05) is 29.8 Å². The first kappa shape index (κ1) is 18.6. The Balaban J connectivity index is 0.00000208. The molecular weight excluding hydrogens is 368 g/mol. The molecular formula is C15H17ClN4O2S2. The first-order chi connectivity index (χ1) is 11.1. The number of halogens is 1. The molecule has 0 saturated heterocycles. The smallest absolute Gasteiger partial charge is 0.263 e. The molecule has 0 aliphatic carbocycles. The van der Waals surface area contributed by atoms with E-state index in [2.05, 4.69) is 10.3 Å². The number of carbonyl (C=O) groups excluding carboxylic acids is 1. The number of amides is 1. The Hall–Kier alpha value is -1.74. The normalized spacial score (nSPS) is 11.9. The summed E-state index contributed by atoms with van der Waals surface area (Å²) in [4.78, 5) is 30.7. The lowest BCUT2D eigenvalue weighted by atomic mass is 10.2. The number of aromatic nitrogens is 2. The maximum atomic E-state index is 12.7. The Morgan fingerprint density at radius 3 is 2.92 bits per heavy atom. The lowest BCUT2D eigenvalue weighted by Gasteiger charge is -2.12. The summed E-state index contributed by atoms with van der Waals surface area (Å²) in [6, 6.07) is 3.79. The topological polar surface area (TPSA) is 90.0 Å². The van der Waals surface area contributed by atoms with Crippen LogP contribution in [0.3, 0.4) is 0 Å². The van der Waals surface area contributed by atoms with E-state index in [0.29, 0.717) is 16.8 Å². The van der Waals surface area contributed by atoms with E-state index in [9.17, 15) is 9.59 Å². The van der Waals surface area contributed by atoms with Crippen molar-refractivity contribution in [3.63, 3.8) is 0 Å². The van der Waals surface area contributed by atoms with Crippen molar-refractivity contribution in [2.24, 2.45) is 5.73 Å². The molecule has 128 valence electrons. The standard InChI is InChI=1S/C15H16N4O2S2.ClH/c1-9(5-16)18-12(20)6-19-8-17-14-13(15(19)21)10(7-23-14)11-3-2-4-22-11;/h2-4,7-9H,5-6,16H2,1H3,(H,18,20);1H/t9-;/m0./s1. The van der Waals surface area contributed by atoms with Gasteiger partial charge in [0, 0.05) is 28.4 Å². The number of carbonyl (C=O) groups is 1. The van der Waals surface area contributed by atoms with Crippen LogP contribution in [0.5, 0.6) is 0 Å². The van der Waals surface area contributed by atoms with Crippen LogP contribution in [0, 0.1) is 0 Å². The summed E-state index contributed by atoms with van der Waals surface area (Å²) < 4.78 is 1.34. The first-order valence-corrected chi connectivity index (χ1v) is 8.86. The zero-order valence-electron chi connectivity index (χ0n) is 12.9. The first-order valence-electron chi connectivity index (χ1n) is 7.10. The highest BCUT2D eigenvalue weighted by atomic mass is 35.5. The number of fused-ring (bicyclic) bond motifs is 1. The summed E-state index contributed by atoms with van der Waals surface area (Å²) in [5, 5.41) is 7.22. The van der Waals surface area contributed by atoms with E-state index < -0.39 is 0 Å². The fourth-order valence-electron chi connectivity index (χ4n) is 2.23. The molecule has 24 heavy (non-hydrogen) atoms. The second-order valence-electron chi connectivity index (χ2n) is 5.19. The van der Waals surface area contributed by atoms with Crippen molar-refractivity contribution in [1.82, 2.24) is 14.9 Å². The number of thiophene rings is 2. The molecule has 0 radical (unpaired) electrons.